The summed E-state index contributed by atoms with van der Waals surface area (Å²) in [6.45, 7) is 13.2. The zero-order valence-electron chi connectivity index (χ0n) is 25.1. The monoisotopic (exact) mass is 709 g/mol. The van der Waals surface area contributed by atoms with Crippen molar-refractivity contribution >= 4 is 25.3 Å². The Balaban J connectivity index is -0.000000569. The molecule has 0 amide bonds. The SMILES string of the molecule is CCCCCCCCCCCCCC(C)(C)[S-].CCCCCCCCCCCCCC(C)(C)[S-].[Pt+2]. The molecule has 0 radical (unpaired) electrons. The van der Waals surface area contributed by atoms with Gasteiger partial charge in [0.2, 0.25) is 0 Å². The van der Waals surface area contributed by atoms with Crippen LogP contribution in [-0.2, 0) is 46.3 Å². The first-order chi connectivity index (χ1) is 16.1. The smallest absolute Gasteiger partial charge is 0.786 e. The van der Waals surface area contributed by atoms with Gasteiger partial charge in [-0.1, -0.05) is 196 Å². The summed E-state index contributed by atoms with van der Waals surface area (Å²) in [7, 11) is 0. The van der Waals surface area contributed by atoms with Crippen LogP contribution in [-0.4, -0.2) is 9.49 Å². The fourth-order valence-corrected chi connectivity index (χ4v) is 4.72. The molecule has 0 atom stereocenters. The van der Waals surface area contributed by atoms with E-state index >= 15 is 0 Å². The average Bonchev–Trinajstić information content (AvgIpc) is 2.75. The quantitative estimate of drug-likeness (QED) is 0.0723. The third kappa shape index (κ3) is 45.7. The molecule has 0 bridgehead atoms. The van der Waals surface area contributed by atoms with Crippen LogP contribution in [0.15, 0.2) is 0 Å². The van der Waals surface area contributed by atoms with Crippen molar-refractivity contribution in [2.45, 2.75) is 205 Å². The van der Waals surface area contributed by atoms with E-state index in [2.05, 4.69) is 41.5 Å². The Morgan fingerprint density at radius 2 is 0.514 bits per heavy atom. The summed E-state index contributed by atoms with van der Waals surface area (Å²) >= 11 is 10.7. The summed E-state index contributed by atoms with van der Waals surface area (Å²) < 4.78 is 0.249. The van der Waals surface area contributed by atoms with Crippen molar-refractivity contribution in [1.29, 1.82) is 0 Å². The summed E-state index contributed by atoms with van der Waals surface area (Å²) in [5.74, 6) is 0. The molecule has 0 aromatic carbocycles. The van der Waals surface area contributed by atoms with E-state index in [4.69, 9.17) is 25.3 Å². The Morgan fingerprint density at radius 3 is 0.686 bits per heavy atom. The van der Waals surface area contributed by atoms with Gasteiger partial charge in [-0.3, -0.25) is 0 Å². The van der Waals surface area contributed by atoms with Crippen LogP contribution < -0.4 is 0 Å². The first-order valence-electron chi connectivity index (χ1n) is 15.5. The molecule has 0 heterocycles. The number of hydrogen-bond acceptors (Lipinski definition) is 2. The van der Waals surface area contributed by atoms with E-state index < -0.39 is 0 Å². The van der Waals surface area contributed by atoms with Crippen molar-refractivity contribution in [2.75, 3.05) is 0 Å². The molecule has 0 spiro atoms. The number of hydrogen-bond donors (Lipinski definition) is 0. The van der Waals surface area contributed by atoms with Crippen LogP contribution >= 0.6 is 0 Å². The third-order valence-corrected chi connectivity index (χ3v) is 7.17. The van der Waals surface area contributed by atoms with Crippen molar-refractivity contribution < 1.29 is 21.1 Å². The molecule has 0 saturated heterocycles. The second-order valence-corrected chi connectivity index (χ2v) is 14.3. The maximum Gasteiger partial charge on any atom is 2.00 e. The van der Waals surface area contributed by atoms with Crippen LogP contribution in [0.4, 0.5) is 0 Å². The molecule has 0 aliphatic carbocycles. The molecule has 0 saturated carbocycles. The van der Waals surface area contributed by atoms with Gasteiger partial charge in [0.1, 0.15) is 0 Å². The maximum atomic E-state index is 5.35. The number of unbranched alkanes of at least 4 members (excludes halogenated alkanes) is 20. The minimum Gasteiger partial charge on any atom is -0.786 e. The molecule has 0 aliphatic heterocycles. The van der Waals surface area contributed by atoms with Crippen molar-refractivity contribution in [3.05, 3.63) is 0 Å². The summed E-state index contributed by atoms with van der Waals surface area (Å²) in [5, 5.41) is 0. The Hall–Kier alpha value is 1.39. The van der Waals surface area contributed by atoms with E-state index in [0.717, 1.165) is 0 Å². The molecule has 0 aromatic heterocycles. The Labute approximate surface area is 250 Å². The molecule has 0 fully saturated rings. The van der Waals surface area contributed by atoms with E-state index in [1.807, 2.05) is 0 Å². The summed E-state index contributed by atoms with van der Waals surface area (Å²) in [5.41, 5.74) is 0. The molecule has 216 valence electrons. The molecule has 3 heteroatoms. The van der Waals surface area contributed by atoms with E-state index in [0.29, 0.717) is 0 Å². The van der Waals surface area contributed by atoms with Crippen LogP contribution in [0, 0.1) is 0 Å². The molecular weight excluding hydrogens is 644 g/mol. The van der Waals surface area contributed by atoms with Crippen LogP contribution in [0.2, 0.25) is 0 Å². The molecule has 0 aromatic rings. The van der Waals surface area contributed by atoms with Gasteiger partial charge in [0.05, 0.1) is 0 Å². The van der Waals surface area contributed by atoms with Gasteiger partial charge in [-0.25, -0.2) is 0 Å². The zero-order valence-corrected chi connectivity index (χ0v) is 29.0. The second kappa shape index (κ2) is 29.9. The maximum absolute atomic E-state index is 5.35. The van der Waals surface area contributed by atoms with Gasteiger partial charge < -0.3 is 25.3 Å². The van der Waals surface area contributed by atoms with E-state index in [9.17, 15) is 0 Å². The molecule has 35 heavy (non-hydrogen) atoms. The van der Waals surface area contributed by atoms with Gasteiger partial charge in [-0.2, -0.15) is 9.49 Å². The van der Waals surface area contributed by atoms with Crippen molar-refractivity contribution in [3.8, 4) is 0 Å². The average molecular weight is 710 g/mol. The fourth-order valence-electron chi connectivity index (χ4n) is 4.43. The van der Waals surface area contributed by atoms with Crippen LogP contribution in [0.25, 0.3) is 0 Å². The van der Waals surface area contributed by atoms with Crippen molar-refractivity contribution in [3.63, 3.8) is 0 Å². The first kappa shape index (κ1) is 40.9. The van der Waals surface area contributed by atoms with E-state index in [1.54, 1.807) is 0 Å². The minimum absolute atomic E-state index is 0. The van der Waals surface area contributed by atoms with Crippen LogP contribution in [0.1, 0.15) is 196 Å². The van der Waals surface area contributed by atoms with Crippen molar-refractivity contribution in [2.24, 2.45) is 0 Å². The Bertz CT molecular complexity index is 335. The van der Waals surface area contributed by atoms with Crippen LogP contribution in [0.3, 0.4) is 0 Å². The van der Waals surface area contributed by atoms with Crippen LogP contribution in [0.5, 0.6) is 0 Å². The Morgan fingerprint density at radius 1 is 0.343 bits per heavy atom. The third-order valence-electron chi connectivity index (χ3n) is 6.76. The van der Waals surface area contributed by atoms with Crippen molar-refractivity contribution in [1.82, 2.24) is 0 Å². The summed E-state index contributed by atoms with van der Waals surface area (Å²) in [6, 6.07) is 0. The molecule has 0 aliphatic rings. The molecule has 0 unspecified atom stereocenters. The molecule has 0 rings (SSSR count). The van der Waals surface area contributed by atoms with E-state index in [1.165, 1.54) is 154 Å². The minimum atomic E-state index is 0. The fraction of sp³-hybridized carbons (Fsp3) is 1.00. The first-order valence-corrected chi connectivity index (χ1v) is 16.3. The van der Waals surface area contributed by atoms with Gasteiger partial charge in [0.15, 0.2) is 0 Å². The zero-order chi connectivity index (χ0) is 26.0. The molecular formula is C32H66PtS2. The van der Waals surface area contributed by atoms with Gasteiger partial charge in [-0.05, 0) is 0 Å². The van der Waals surface area contributed by atoms with Gasteiger partial charge in [0.25, 0.3) is 0 Å². The summed E-state index contributed by atoms with van der Waals surface area (Å²) in [4.78, 5) is 0. The number of rotatable bonds is 24. The predicted octanol–water partition coefficient (Wildman–Crippen LogP) is 12.0. The normalized spacial score (nSPS) is 11.7. The largest absolute Gasteiger partial charge is 2.00 e. The Kier molecular flexibility index (Phi) is 35.0. The molecule has 0 N–H and O–H groups in total. The second-order valence-electron chi connectivity index (χ2n) is 12.1. The summed E-state index contributed by atoms with van der Waals surface area (Å²) in [6.07, 6.45) is 33.6. The predicted molar refractivity (Wildman–Crippen MR) is 165 cm³/mol. The van der Waals surface area contributed by atoms with Gasteiger partial charge >= 0.3 is 21.1 Å². The van der Waals surface area contributed by atoms with E-state index in [-0.39, 0.29) is 30.6 Å². The standard InChI is InChI=1S/2C16H34S.Pt/c2*1-4-5-6-7-8-9-10-11-12-13-14-15-16(2,3)17;/h2*17H,4-15H2,1-3H3;/q;;+2/p-2. The van der Waals surface area contributed by atoms with Gasteiger partial charge in [-0.15, -0.1) is 0 Å². The topological polar surface area (TPSA) is 0 Å². The van der Waals surface area contributed by atoms with Gasteiger partial charge in [0, 0.05) is 0 Å². The molecule has 0 nitrogen and oxygen atoms in total.